The van der Waals surface area contributed by atoms with Crippen molar-refractivity contribution in [3.63, 3.8) is 0 Å². The number of amides is 1. The molecule has 2 aromatic carbocycles. The lowest BCUT2D eigenvalue weighted by molar-refractivity contribution is -0.123. The first-order valence-corrected chi connectivity index (χ1v) is 6.69. The molecule has 0 aliphatic carbocycles. The highest BCUT2D eigenvalue weighted by Crippen LogP contribution is 2.21. The molecule has 22 heavy (non-hydrogen) atoms. The van der Waals surface area contributed by atoms with Gasteiger partial charge in [-0.05, 0) is 30.7 Å². The Morgan fingerprint density at radius 2 is 1.64 bits per heavy atom. The van der Waals surface area contributed by atoms with Gasteiger partial charge < -0.3 is 10.1 Å². The first-order valence-electron chi connectivity index (χ1n) is 6.69. The molecular weight excluding hydrogens is 295 g/mol. The fourth-order valence-corrected chi connectivity index (χ4v) is 1.84. The Balaban J connectivity index is 2.14. The number of hydrogen-bond donors (Lipinski definition) is 1. The van der Waals surface area contributed by atoms with Gasteiger partial charge in [-0.25, -0.2) is 13.2 Å². The van der Waals surface area contributed by atoms with Gasteiger partial charge in [0.05, 0.1) is 0 Å². The normalized spacial score (nSPS) is 11.8. The molecule has 2 aromatic rings. The number of carbonyl (C=O) groups excluding carboxylic acids is 1. The molecule has 0 saturated heterocycles. The van der Waals surface area contributed by atoms with Crippen molar-refractivity contribution in [3.8, 4) is 5.75 Å². The van der Waals surface area contributed by atoms with Gasteiger partial charge in [0, 0.05) is 0 Å². The first-order chi connectivity index (χ1) is 10.5. The van der Waals surface area contributed by atoms with Crippen molar-refractivity contribution in [2.45, 2.75) is 19.4 Å². The molecule has 0 aliphatic heterocycles. The third kappa shape index (κ3) is 3.58. The Morgan fingerprint density at radius 1 is 1.05 bits per heavy atom. The number of carbonyl (C=O) groups is 1. The molecule has 116 valence electrons. The average Bonchev–Trinajstić information content (AvgIpc) is 2.50. The third-order valence-electron chi connectivity index (χ3n) is 2.98. The van der Waals surface area contributed by atoms with E-state index >= 15 is 0 Å². The smallest absolute Gasteiger partial charge is 0.265 e. The van der Waals surface area contributed by atoms with E-state index in [0.717, 1.165) is 12.1 Å². The van der Waals surface area contributed by atoms with Crippen LogP contribution in [0.1, 0.15) is 13.3 Å². The summed E-state index contributed by atoms with van der Waals surface area (Å²) in [4.78, 5) is 12.1. The van der Waals surface area contributed by atoms with Crippen LogP contribution in [0.4, 0.5) is 18.9 Å². The summed E-state index contributed by atoms with van der Waals surface area (Å²) in [7, 11) is 0. The molecule has 6 heteroatoms. The summed E-state index contributed by atoms with van der Waals surface area (Å²) in [6, 6.07) is 8.84. The highest BCUT2D eigenvalue weighted by Gasteiger charge is 2.22. The molecule has 0 saturated carbocycles. The molecule has 0 aliphatic rings. The van der Waals surface area contributed by atoms with Crippen molar-refractivity contribution in [3.05, 3.63) is 59.9 Å². The van der Waals surface area contributed by atoms with Crippen molar-refractivity contribution in [1.82, 2.24) is 0 Å². The van der Waals surface area contributed by atoms with Gasteiger partial charge in [0.25, 0.3) is 5.91 Å². The summed E-state index contributed by atoms with van der Waals surface area (Å²) >= 11 is 0. The van der Waals surface area contributed by atoms with E-state index in [4.69, 9.17) is 4.74 Å². The number of anilines is 1. The molecule has 0 heterocycles. The second-order valence-corrected chi connectivity index (χ2v) is 4.53. The molecule has 1 N–H and O–H groups in total. The number of para-hydroxylation sites is 2. The molecular formula is C16H14F3NO2. The lowest BCUT2D eigenvalue weighted by Gasteiger charge is -2.18. The highest BCUT2D eigenvalue weighted by molar-refractivity contribution is 5.94. The minimum Gasteiger partial charge on any atom is -0.478 e. The summed E-state index contributed by atoms with van der Waals surface area (Å²) in [6.07, 6.45) is -0.869. The number of nitrogens with one attached hydrogen (secondary N) is 1. The van der Waals surface area contributed by atoms with Crippen molar-refractivity contribution in [1.29, 1.82) is 0 Å². The number of rotatable bonds is 5. The summed E-state index contributed by atoms with van der Waals surface area (Å²) in [5, 5.41) is 2.13. The quantitative estimate of drug-likeness (QED) is 0.909. The second kappa shape index (κ2) is 6.98. The van der Waals surface area contributed by atoms with Crippen molar-refractivity contribution in [2.75, 3.05) is 5.32 Å². The van der Waals surface area contributed by atoms with Crippen LogP contribution in [0.5, 0.6) is 5.75 Å². The van der Waals surface area contributed by atoms with Crippen LogP contribution in [0.3, 0.4) is 0 Å². The molecule has 0 bridgehead atoms. The maximum absolute atomic E-state index is 13.5. The van der Waals surface area contributed by atoms with Crippen molar-refractivity contribution >= 4 is 11.6 Å². The van der Waals surface area contributed by atoms with Gasteiger partial charge in [0.1, 0.15) is 17.3 Å². The lowest BCUT2D eigenvalue weighted by atomic mass is 10.2. The van der Waals surface area contributed by atoms with Gasteiger partial charge in [-0.15, -0.1) is 0 Å². The average molecular weight is 309 g/mol. The molecule has 3 nitrogen and oxygen atoms in total. The van der Waals surface area contributed by atoms with E-state index in [2.05, 4.69) is 5.32 Å². The highest BCUT2D eigenvalue weighted by atomic mass is 19.1. The Kier molecular flexibility index (Phi) is 5.04. The van der Waals surface area contributed by atoms with Crippen LogP contribution in [-0.4, -0.2) is 12.0 Å². The van der Waals surface area contributed by atoms with Crippen LogP contribution in [0.25, 0.3) is 0 Å². The van der Waals surface area contributed by atoms with Crippen molar-refractivity contribution < 1.29 is 22.7 Å². The van der Waals surface area contributed by atoms with Gasteiger partial charge in [-0.1, -0.05) is 25.1 Å². The number of halogens is 3. The number of ether oxygens (including phenoxy) is 1. The predicted molar refractivity (Wildman–Crippen MR) is 76.1 cm³/mol. The zero-order valence-corrected chi connectivity index (χ0v) is 11.8. The minimum absolute atomic E-state index is 0.0986. The second-order valence-electron chi connectivity index (χ2n) is 4.53. The fraction of sp³-hybridized carbons (Fsp3) is 0.188. The maximum atomic E-state index is 13.5. The number of hydrogen-bond acceptors (Lipinski definition) is 2. The van der Waals surface area contributed by atoms with Crippen LogP contribution in [0, 0.1) is 17.5 Å². The van der Waals surface area contributed by atoms with Gasteiger partial charge >= 0.3 is 0 Å². The van der Waals surface area contributed by atoms with E-state index in [1.165, 1.54) is 24.3 Å². The number of benzene rings is 2. The van der Waals surface area contributed by atoms with Crippen LogP contribution >= 0.6 is 0 Å². The molecule has 0 unspecified atom stereocenters. The van der Waals surface area contributed by atoms with Crippen LogP contribution < -0.4 is 10.1 Å². The summed E-state index contributed by atoms with van der Waals surface area (Å²) < 4.78 is 45.8. The van der Waals surface area contributed by atoms with E-state index < -0.39 is 35.2 Å². The molecule has 1 atom stereocenters. The van der Waals surface area contributed by atoms with Gasteiger partial charge in [0.2, 0.25) is 0 Å². The van der Waals surface area contributed by atoms with E-state index in [9.17, 15) is 18.0 Å². The topological polar surface area (TPSA) is 38.3 Å². The molecule has 1 amide bonds. The first kappa shape index (κ1) is 15.9. The minimum atomic E-state index is -1.07. The zero-order chi connectivity index (χ0) is 16.1. The fourth-order valence-electron chi connectivity index (χ4n) is 1.84. The summed E-state index contributed by atoms with van der Waals surface area (Å²) in [6.45, 7) is 1.64. The Morgan fingerprint density at radius 3 is 2.23 bits per heavy atom. The van der Waals surface area contributed by atoms with Crippen molar-refractivity contribution in [2.24, 2.45) is 0 Å². The zero-order valence-electron chi connectivity index (χ0n) is 11.8. The van der Waals surface area contributed by atoms with Crippen LogP contribution in [-0.2, 0) is 4.79 Å². The Hall–Kier alpha value is -2.50. The van der Waals surface area contributed by atoms with E-state index in [0.29, 0.717) is 0 Å². The summed E-state index contributed by atoms with van der Waals surface area (Å²) in [5.41, 5.74) is -0.553. The molecule has 0 aromatic heterocycles. The van der Waals surface area contributed by atoms with E-state index in [1.54, 1.807) is 13.0 Å². The molecule has 0 spiro atoms. The molecule has 2 rings (SSSR count). The standard InChI is InChI=1S/C16H14F3NO2/c1-2-13(22-14-9-4-3-6-10(14)17)16(21)20-15-11(18)7-5-8-12(15)19/h3-9,13H,2H2,1H3,(H,20,21)/t13-/m0/s1. The summed E-state index contributed by atoms with van der Waals surface area (Å²) in [5.74, 6) is -3.26. The van der Waals surface area contributed by atoms with Gasteiger partial charge in [0.15, 0.2) is 17.7 Å². The van der Waals surface area contributed by atoms with E-state index in [1.807, 2.05) is 0 Å². The predicted octanol–water partition coefficient (Wildman–Crippen LogP) is 3.90. The van der Waals surface area contributed by atoms with E-state index in [-0.39, 0.29) is 12.2 Å². The largest absolute Gasteiger partial charge is 0.478 e. The third-order valence-corrected chi connectivity index (χ3v) is 2.98. The van der Waals surface area contributed by atoms with Crippen LogP contribution in [0.15, 0.2) is 42.5 Å². The molecule has 0 radical (unpaired) electrons. The Bertz CT molecular complexity index is 656. The lowest BCUT2D eigenvalue weighted by Crippen LogP contribution is -2.33. The van der Waals surface area contributed by atoms with Gasteiger partial charge in [-0.3, -0.25) is 4.79 Å². The van der Waals surface area contributed by atoms with Crippen LogP contribution in [0.2, 0.25) is 0 Å². The maximum Gasteiger partial charge on any atom is 0.265 e. The SMILES string of the molecule is CC[C@H](Oc1ccccc1F)C(=O)Nc1c(F)cccc1F. The van der Waals surface area contributed by atoms with Gasteiger partial charge in [-0.2, -0.15) is 0 Å². The Labute approximate surface area is 125 Å². The monoisotopic (exact) mass is 309 g/mol. The molecule has 0 fully saturated rings.